The van der Waals surface area contributed by atoms with Crippen molar-refractivity contribution in [2.24, 2.45) is 0 Å². The number of nitrogens with zero attached hydrogens (tertiary/aromatic N) is 1. The molecule has 0 aliphatic carbocycles. The monoisotopic (exact) mass is 412 g/mol. The number of thiophene rings is 1. The van der Waals surface area contributed by atoms with Crippen molar-refractivity contribution in [3.8, 4) is 0 Å². The van der Waals surface area contributed by atoms with Gasteiger partial charge in [-0.1, -0.05) is 6.58 Å². The lowest BCUT2D eigenvalue weighted by atomic mass is 10.0. The maximum Gasteiger partial charge on any atom is 0.263 e. The van der Waals surface area contributed by atoms with Gasteiger partial charge in [0.1, 0.15) is 4.88 Å². The molecular formula is C21H24N4O3S. The van der Waals surface area contributed by atoms with Gasteiger partial charge in [-0.05, 0) is 44.0 Å². The number of nitrogens with one attached hydrogen (secondary N) is 3. The van der Waals surface area contributed by atoms with E-state index in [0.717, 1.165) is 28.6 Å². The van der Waals surface area contributed by atoms with Gasteiger partial charge >= 0.3 is 0 Å². The van der Waals surface area contributed by atoms with Crippen LogP contribution in [0.3, 0.4) is 0 Å². The number of carbonyl (C=O) groups is 3. The summed E-state index contributed by atoms with van der Waals surface area (Å²) in [5.74, 6) is -0.361. The van der Waals surface area contributed by atoms with E-state index in [2.05, 4.69) is 22.5 Å². The lowest BCUT2D eigenvalue weighted by Crippen LogP contribution is -2.49. The van der Waals surface area contributed by atoms with Gasteiger partial charge in [0, 0.05) is 47.4 Å². The molecule has 1 aromatic carbocycles. The molecule has 3 N–H and O–H groups in total. The summed E-state index contributed by atoms with van der Waals surface area (Å²) in [5.41, 5.74) is 1.34. The summed E-state index contributed by atoms with van der Waals surface area (Å²) in [7, 11) is 0. The molecule has 152 valence electrons. The molecule has 0 saturated carbocycles. The Morgan fingerprint density at radius 3 is 3.00 bits per heavy atom. The molecular weight excluding hydrogens is 388 g/mol. The van der Waals surface area contributed by atoms with Crippen LogP contribution in [0.25, 0.3) is 10.1 Å². The third-order valence-electron chi connectivity index (χ3n) is 5.36. The Labute approximate surface area is 173 Å². The molecule has 3 amide bonds. The smallest absolute Gasteiger partial charge is 0.263 e. The van der Waals surface area contributed by atoms with Crippen LogP contribution in [0.15, 0.2) is 30.9 Å². The predicted octanol–water partition coefficient (Wildman–Crippen LogP) is 2.35. The van der Waals surface area contributed by atoms with Crippen LogP contribution in [0.4, 0.5) is 5.69 Å². The molecule has 29 heavy (non-hydrogen) atoms. The van der Waals surface area contributed by atoms with Crippen molar-refractivity contribution in [3.05, 3.63) is 41.3 Å². The number of fused-ring (bicyclic) bond motifs is 3. The second-order valence-electron chi connectivity index (χ2n) is 7.57. The van der Waals surface area contributed by atoms with E-state index in [9.17, 15) is 14.4 Å². The van der Waals surface area contributed by atoms with E-state index in [1.54, 1.807) is 11.0 Å². The SMILES string of the molecule is C=CC(=O)N1CCCC(NC(=O)c2ccc3sc4c(c3c2)NCC(C)NC4=O)C1. The highest BCUT2D eigenvalue weighted by molar-refractivity contribution is 7.21. The van der Waals surface area contributed by atoms with Crippen LogP contribution in [0, 0.1) is 0 Å². The summed E-state index contributed by atoms with van der Waals surface area (Å²) in [6.07, 6.45) is 2.99. The minimum absolute atomic E-state index is 0.0381. The van der Waals surface area contributed by atoms with E-state index in [1.807, 2.05) is 19.1 Å². The molecule has 2 unspecified atom stereocenters. The molecule has 1 fully saturated rings. The highest BCUT2D eigenvalue weighted by atomic mass is 32.1. The number of likely N-dealkylation sites (tertiary alicyclic amines) is 1. The molecule has 0 bridgehead atoms. The number of piperidine rings is 1. The third-order valence-corrected chi connectivity index (χ3v) is 6.53. The van der Waals surface area contributed by atoms with E-state index in [4.69, 9.17) is 0 Å². The van der Waals surface area contributed by atoms with Crippen molar-refractivity contribution in [1.29, 1.82) is 0 Å². The number of hydrogen-bond donors (Lipinski definition) is 3. The van der Waals surface area contributed by atoms with Gasteiger partial charge in [0.05, 0.1) is 5.69 Å². The number of benzene rings is 1. The highest BCUT2D eigenvalue weighted by Crippen LogP contribution is 2.37. The van der Waals surface area contributed by atoms with E-state index in [-0.39, 0.29) is 29.8 Å². The number of carbonyl (C=O) groups excluding carboxylic acids is 3. The van der Waals surface area contributed by atoms with Crippen molar-refractivity contribution in [2.45, 2.75) is 31.8 Å². The normalized spacial score (nSPS) is 21.6. The van der Waals surface area contributed by atoms with Crippen LogP contribution in [-0.2, 0) is 4.79 Å². The summed E-state index contributed by atoms with van der Waals surface area (Å²) >= 11 is 1.43. The van der Waals surface area contributed by atoms with Gasteiger partial charge in [-0.15, -0.1) is 11.3 Å². The van der Waals surface area contributed by atoms with E-state index in [1.165, 1.54) is 17.4 Å². The van der Waals surface area contributed by atoms with Gasteiger partial charge in [0.2, 0.25) is 5.91 Å². The molecule has 7 nitrogen and oxygen atoms in total. The van der Waals surface area contributed by atoms with Crippen molar-refractivity contribution < 1.29 is 14.4 Å². The van der Waals surface area contributed by atoms with E-state index >= 15 is 0 Å². The van der Waals surface area contributed by atoms with Gasteiger partial charge in [-0.25, -0.2) is 0 Å². The first-order valence-corrected chi connectivity index (χ1v) is 10.6. The first kappa shape index (κ1) is 19.4. The average molecular weight is 413 g/mol. The number of anilines is 1. The number of rotatable bonds is 3. The fourth-order valence-corrected chi connectivity index (χ4v) is 4.93. The number of amides is 3. The van der Waals surface area contributed by atoms with Crippen LogP contribution in [0.5, 0.6) is 0 Å². The Balaban J connectivity index is 1.55. The molecule has 2 aromatic rings. The molecule has 0 spiro atoms. The molecule has 2 aliphatic rings. The minimum atomic E-state index is -0.170. The molecule has 8 heteroatoms. The number of hydrogen-bond acceptors (Lipinski definition) is 5. The van der Waals surface area contributed by atoms with Crippen molar-refractivity contribution >= 4 is 44.8 Å². The maximum atomic E-state index is 12.8. The van der Waals surface area contributed by atoms with Crippen molar-refractivity contribution in [1.82, 2.24) is 15.5 Å². The van der Waals surface area contributed by atoms with Crippen molar-refractivity contribution in [3.63, 3.8) is 0 Å². The van der Waals surface area contributed by atoms with Gasteiger partial charge in [-0.2, -0.15) is 0 Å². The Bertz CT molecular complexity index is 999. The summed E-state index contributed by atoms with van der Waals surface area (Å²) < 4.78 is 0.962. The fraction of sp³-hybridized carbons (Fsp3) is 0.381. The van der Waals surface area contributed by atoms with Gasteiger partial charge in [0.25, 0.3) is 11.8 Å². The quantitative estimate of drug-likeness (QED) is 0.675. The van der Waals surface area contributed by atoms with Gasteiger partial charge in [0.15, 0.2) is 0 Å². The lowest BCUT2D eigenvalue weighted by Gasteiger charge is -2.32. The Kier molecular flexibility index (Phi) is 5.27. The third kappa shape index (κ3) is 3.85. The second-order valence-corrected chi connectivity index (χ2v) is 8.63. The van der Waals surface area contributed by atoms with Crippen LogP contribution in [-0.4, -0.2) is 54.3 Å². The summed E-state index contributed by atoms with van der Waals surface area (Å²) in [6.45, 7) is 7.30. The Morgan fingerprint density at radius 2 is 2.21 bits per heavy atom. The maximum absolute atomic E-state index is 12.8. The first-order valence-electron chi connectivity index (χ1n) is 9.79. The molecule has 1 saturated heterocycles. The molecule has 2 atom stereocenters. The second kappa shape index (κ2) is 7.87. The van der Waals surface area contributed by atoms with Crippen LogP contribution in [0.1, 0.15) is 39.8 Å². The fourth-order valence-electron chi connectivity index (χ4n) is 3.86. The highest BCUT2D eigenvalue weighted by Gasteiger charge is 2.26. The van der Waals surface area contributed by atoms with Gasteiger partial charge < -0.3 is 20.9 Å². The zero-order valence-electron chi connectivity index (χ0n) is 16.3. The minimum Gasteiger partial charge on any atom is -0.381 e. The zero-order valence-corrected chi connectivity index (χ0v) is 17.1. The first-order chi connectivity index (χ1) is 14.0. The van der Waals surface area contributed by atoms with Gasteiger partial charge in [-0.3, -0.25) is 14.4 Å². The van der Waals surface area contributed by atoms with E-state index < -0.39 is 0 Å². The molecule has 1 aromatic heterocycles. The molecule has 4 rings (SSSR count). The summed E-state index contributed by atoms with van der Waals surface area (Å²) in [5, 5.41) is 10.2. The van der Waals surface area contributed by atoms with Crippen LogP contribution < -0.4 is 16.0 Å². The average Bonchev–Trinajstić information content (AvgIpc) is 3.02. The van der Waals surface area contributed by atoms with Crippen LogP contribution in [0.2, 0.25) is 0 Å². The zero-order chi connectivity index (χ0) is 20.5. The summed E-state index contributed by atoms with van der Waals surface area (Å²) in [4.78, 5) is 39.5. The van der Waals surface area contributed by atoms with Crippen LogP contribution >= 0.6 is 11.3 Å². The standard InChI is InChI=1S/C21H24N4O3S/c1-3-17(26)25-8-4-5-14(11-25)24-20(27)13-6-7-16-15(9-13)18-19(29-16)21(28)23-12(2)10-22-18/h3,6-7,9,12,14,22H,1,4-5,8,10-11H2,2H3,(H,23,28)(H,24,27). The predicted molar refractivity (Wildman–Crippen MR) is 115 cm³/mol. The summed E-state index contributed by atoms with van der Waals surface area (Å²) in [6, 6.07) is 5.46. The Morgan fingerprint density at radius 1 is 1.38 bits per heavy atom. The molecule has 3 heterocycles. The topological polar surface area (TPSA) is 90.5 Å². The molecule has 2 aliphatic heterocycles. The Hall–Kier alpha value is -2.87. The molecule has 0 radical (unpaired) electrons. The lowest BCUT2D eigenvalue weighted by molar-refractivity contribution is -0.127. The largest absolute Gasteiger partial charge is 0.381 e. The van der Waals surface area contributed by atoms with E-state index in [0.29, 0.717) is 30.1 Å². The van der Waals surface area contributed by atoms with Crippen molar-refractivity contribution in [2.75, 3.05) is 25.0 Å².